The maximum Gasteiger partial charge on any atom is -0.0105 e. The minimum absolute atomic E-state index is 0.821. The molecule has 268 valence electrons. The quantitative estimate of drug-likeness (QED) is 0.125. The van der Waals surface area contributed by atoms with E-state index in [-0.39, 0.29) is 0 Å². The van der Waals surface area contributed by atoms with Crippen molar-refractivity contribution in [1.29, 1.82) is 0 Å². The zero-order valence-corrected chi connectivity index (χ0v) is 32.1. The average molecular weight is 653 g/mol. The Bertz CT molecular complexity index is 1220. The first-order valence-electron chi connectivity index (χ1n) is 22.5. The molecule has 2 aromatic carbocycles. The second-order valence-corrected chi connectivity index (χ2v) is 17.4. The molecule has 48 heavy (non-hydrogen) atoms. The van der Waals surface area contributed by atoms with Gasteiger partial charge in [-0.2, -0.15) is 0 Å². The van der Waals surface area contributed by atoms with Crippen molar-refractivity contribution in [3.63, 3.8) is 0 Å². The van der Waals surface area contributed by atoms with Crippen LogP contribution >= 0.6 is 0 Å². The van der Waals surface area contributed by atoms with Gasteiger partial charge in [-0.15, -0.1) is 0 Å². The molecule has 0 nitrogen and oxygen atoms in total. The summed E-state index contributed by atoms with van der Waals surface area (Å²) in [6.07, 6.45) is 46.0. The van der Waals surface area contributed by atoms with Gasteiger partial charge in [0.15, 0.2) is 0 Å². The molecule has 2 aromatic rings. The number of rotatable bonds is 20. The van der Waals surface area contributed by atoms with Gasteiger partial charge in [0.05, 0.1) is 0 Å². The van der Waals surface area contributed by atoms with E-state index >= 15 is 0 Å². The first-order chi connectivity index (χ1) is 23.8. The summed E-state index contributed by atoms with van der Waals surface area (Å²) in [4.78, 5) is 0. The monoisotopic (exact) mass is 653 g/mol. The number of hydrogen-bond acceptors (Lipinski definition) is 0. The first kappa shape index (κ1) is 36.5. The standard InChI is InChI=1S/C48H76/c1-3-5-7-9-11-13-15-33-42-43(34-16-14-12-10-8-6-4-2)46(39-29-21-22-30-39)47(40-31-23-24-32-40)48-44(42)36-35-41(37-25-17-18-26-37)45(48)38-27-19-20-28-38/h35-40H,3-34H2,1-2H3. The molecule has 0 heterocycles. The van der Waals surface area contributed by atoms with Crippen molar-refractivity contribution in [3.05, 3.63) is 45.5 Å². The molecule has 0 bridgehead atoms. The van der Waals surface area contributed by atoms with Gasteiger partial charge in [-0.1, -0.05) is 154 Å². The van der Waals surface area contributed by atoms with Crippen LogP contribution in [0.2, 0.25) is 0 Å². The van der Waals surface area contributed by atoms with Crippen LogP contribution in [0.1, 0.15) is 264 Å². The minimum atomic E-state index is 0.821. The fourth-order valence-corrected chi connectivity index (χ4v) is 11.5. The number of aryl methyl sites for hydroxylation is 1. The Balaban J connectivity index is 1.47. The maximum absolute atomic E-state index is 2.75. The molecule has 0 atom stereocenters. The lowest BCUT2D eigenvalue weighted by molar-refractivity contribution is 0.579. The van der Waals surface area contributed by atoms with E-state index in [0.717, 1.165) is 23.7 Å². The summed E-state index contributed by atoms with van der Waals surface area (Å²) in [6.45, 7) is 4.71. The molecule has 0 spiro atoms. The second-order valence-electron chi connectivity index (χ2n) is 17.4. The normalized spacial score (nSPS) is 20.0. The molecular formula is C48H76. The lowest BCUT2D eigenvalue weighted by Crippen LogP contribution is -2.15. The SMILES string of the molecule is CCCCCCCCCc1c(C2CCCC2)c(C2CCCC2)c2c(C3CCCC3)c(C3CCCC3)ccc2c1CCCCCCCCC. The zero-order valence-electron chi connectivity index (χ0n) is 32.1. The van der Waals surface area contributed by atoms with Crippen LogP contribution in [-0.2, 0) is 12.8 Å². The van der Waals surface area contributed by atoms with Gasteiger partial charge in [0.25, 0.3) is 0 Å². The van der Waals surface area contributed by atoms with E-state index in [9.17, 15) is 0 Å². The molecule has 0 amide bonds. The van der Waals surface area contributed by atoms with Crippen LogP contribution in [0.25, 0.3) is 10.8 Å². The Kier molecular flexibility index (Phi) is 14.7. The average Bonchev–Trinajstić information content (AvgIpc) is 3.95. The summed E-state index contributed by atoms with van der Waals surface area (Å²) in [5.41, 5.74) is 11.5. The van der Waals surface area contributed by atoms with Gasteiger partial charge in [0.2, 0.25) is 0 Å². The van der Waals surface area contributed by atoms with E-state index in [1.54, 1.807) is 5.39 Å². The van der Waals surface area contributed by atoms with E-state index in [0.29, 0.717) is 0 Å². The Labute approximate surface area is 298 Å². The third-order valence-electron chi connectivity index (χ3n) is 14.0. The fraction of sp³-hybridized carbons (Fsp3) is 0.792. The van der Waals surface area contributed by atoms with E-state index in [4.69, 9.17) is 0 Å². The Morgan fingerprint density at radius 3 is 1.29 bits per heavy atom. The van der Waals surface area contributed by atoms with Gasteiger partial charge >= 0.3 is 0 Å². The van der Waals surface area contributed by atoms with Crippen molar-refractivity contribution in [3.8, 4) is 0 Å². The highest BCUT2D eigenvalue weighted by molar-refractivity contribution is 5.96. The molecule has 0 aromatic heterocycles. The van der Waals surface area contributed by atoms with E-state index in [2.05, 4.69) is 26.0 Å². The Hall–Kier alpha value is -1.30. The van der Waals surface area contributed by atoms with Crippen molar-refractivity contribution in [2.75, 3.05) is 0 Å². The van der Waals surface area contributed by atoms with Gasteiger partial charge in [0.1, 0.15) is 0 Å². The predicted molar refractivity (Wildman–Crippen MR) is 212 cm³/mol. The molecular weight excluding hydrogens is 577 g/mol. The summed E-state index contributed by atoms with van der Waals surface area (Å²) in [7, 11) is 0. The Morgan fingerprint density at radius 1 is 0.396 bits per heavy atom. The van der Waals surface area contributed by atoms with Gasteiger partial charge in [-0.3, -0.25) is 0 Å². The first-order valence-corrected chi connectivity index (χ1v) is 22.5. The van der Waals surface area contributed by atoms with E-state index < -0.39 is 0 Å². The van der Waals surface area contributed by atoms with Crippen LogP contribution in [0.15, 0.2) is 12.1 Å². The van der Waals surface area contributed by atoms with Crippen molar-refractivity contribution in [2.45, 2.75) is 243 Å². The number of hydrogen-bond donors (Lipinski definition) is 0. The van der Waals surface area contributed by atoms with Crippen molar-refractivity contribution in [2.24, 2.45) is 0 Å². The molecule has 0 radical (unpaired) electrons. The van der Waals surface area contributed by atoms with Crippen LogP contribution in [0, 0.1) is 0 Å². The van der Waals surface area contributed by atoms with Crippen LogP contribution in [0.5, 0.6) is 0 Å². The summed E-state index contributed by atoms with van der Waals surface area (Å²) in [5, 5.41) is 3.66. The highest BCUT2D eigenvalue weighted by Gasteiger charge is 2.35. The Morgan fingerprint density at radius 2 is 0.792 bits per heavy atom. The van der Waals surface area contributed by atoms with Crippen molar-refractivity contribution in [1.82, 2.24) is 0 Å². The lowest BCUT2D eigenvalue weighted by Gasteiger charge is -2.33. The number of fused-ring (bicyclic) bond motifs is 1. The molecule has 4 aliphatic carbocycles. The van der Waals surface area contributed by atoms with Crippen molar-refractivity contribution >= 4 is 10.8 Å². The number of benzene rings is 2. The van der Waals surface area contributed by atoms with Gasteiger partial charge in [-0.25, -0.2) is 0 Å². The molecule has 4 fully saturated rings. The number of unbranched alkanes of at least 4 members (excludes halogenated alkanes) is 12. The van der Waals surface area contributed by atoms with E-state index in [1.807, 2.05) is 38.8 Å². The summed E-state index contributed by atoms with van der Waals surface area (Å²) in [6, 6.07) is 5.49. The minimum Gasteiger partial charge on any atom is -0.0654 e. The van der Waals surface area contributed by atoms with Crippen molar-refractivity contribution < 1.29 is 0 Å². The molecule has 4 aliphatic rings. The molecule has 0 heteroatoms. The molecule has 0 unspecified atom stereocenters. The molecule has 4 saturated carbocycles. The topological polar surface area (TPSA) is 0 Å². The highest BCUT2D eigenvalue weighted by atomic mass is 14.4. The van der Waals surface area contributed by atoms with Crippen LogP contribution in [0.3, 0.4) is 0 Å². The largest absolute Gasteiger partial charge is 0.0654 e. The summed E-state index contributed by atoms with van der Waals surface area (Å²) >= 11 is 0. The zero-order chi connectivity index (χ0) is 33.0. The lowest BCUT2D eigenvalue weighted by atomic mass is 9.72. The molecule has 0 N–H and O–H groups in total. The highest BCUT2D eigenvalue weighted by Crippen LogP contribution is 2.53. The summed E-state index contributed by atoms with van der Waals surface area (Å²) in [5.74, 6) is 3.31. The maximum atomic E-state index is 2.75. The molecule has 0 saturated heterocycles. The van der Waals surface area contributed by atoms with E-state index in [1.165, 1.54) is 205 Å². The summed E-state index contributed by atoms with van der Waals surface area (Å²) < 4.78 is 0. The van der Waals surface area contributed by atoms with Crippen LogP contribution in [-0.4, -0.2) is 0 Å². The van der Waals surface area contributed by atoms with Gasteiger partial charge < -0.3 is 0 Å². The third kappa shape index (κ3) is 8.94. The smallest absolute Gasteiger partial charge is 0.0105 e. The molecule has 0 aliphatic heterocycles. The third-order valence-corrected chi connectivity index (χ3v) is 14.0. The second kappa shape index (κ2) is 19.3. The predicted octanol–water partition coefficient (Wildman–Crippen LogP) is 16.1. The van der Waals surface area contributed by atoms with Crippen LogP contribution in [0.4, 0.5) is 0 Å². The van der Waals surface area contributed by atoms with Crippen LogP contribution < -0.4 is 0 Å². The van der Waals surface area contributed by atoms with Gasteiger partial charge in [0, 0.05) is 0 Å². The molecule has 6 rings (SSSR count). The fourth-order valence-electron chi connectivity index (χ4n) is 11.5. The van der Waals surface area contributed by atoms with Gasteiger partial charge in [-0.05, 0) is 145 Å².